The largest absolute Gasteiger partial charge is 0.258 e. The van der Waals surface area contributed by atoms with Crippen LogP contribution in [0.1, 0.15) is 54.4 Å². The Morgan fingerprint density at radius 1 is 1.00 bits per heavy atom. The molecule has 0 aromatic heterocycles. The summed E-state index contributed by atoms with van der Waals surface area (Å²) in [6, 6.07) is 0. The highest BCUT2D eigenvalue weighted by Crippen LogP contribution is 2.33. The molecule has 0 fully saturated rings. The van der Waals surface area contributed by atoms with Gasteiger partial charge in [-0.3, -0.25) is 4.44 Å². The molecule has 96 valence electrons. The van der Waals surface area contributed by atoms with Gasteiger partial charge < -0.3 is 0 Å². The lowest BCUT2D eigenvalue weighted by Crippen LogP contribution is -2.36. The summed E-state index contributed by atoms with van der Waals surface area (Å²) >= 11 is -1.48. The van der Waals surface area contributed by atoms with Gasteiger partial charge in [0.15, 0.2) is 13.1 Å². The summed E-state index contributed by atoms with van der Waals surface area (Å²) in [5.74, 6) is 4.36. The van der Waals surface area contributed by atoms with Crippen LogP contribution in [0.3, 0.4) is 0 Å². The van der Waals surface area contributed by atoms with Crippen molar-refractivity contribution < 1.29 is 0 Å². The molecular formula is C15H32Al-. The van der Waals surface area contributed by atoms with Gasteiger partial charge >= 0.3 is 0 Å². The van der Waals surface area contributed by atoms with Crippen molar-refractivity contribution in [3.63, 3.8) is 0 Å². The van der Waals surface area contributed by atoms with Crippen molar-refractivity contribution in [1.82, 2.24) is 0 Å². The van der Waals surface area contributed by atoms with E-state index < -0.39 is 13.1 Å². The van der Waals surface area contributed by atoms with Crippen molar-refractivity contribution in [2.75, 3.05) is 0 Å². The molecule has 0 unspecified atom stereocenters. The predicted octanol–water partition coefficient (Wildman–Crippen LogP) is 5.66. The highest BCUT2D eigenvalue weighted by atomic mass is 27.2. The Morgan fingerprint density at radius 3 is 1.69 bits per heavy atom. The summed E-state index contributed by atoms with van der Waals surface area (Å²) < 4.78 is 1.84. The predicted molar refractivity (Wildman–Crippen MR) is 79.6 cm³/mol. The SMILES string of the molecule is CC/C=[C](/CC)[Al-]([CH3])([CH2]C(C)C)[CH2]C(C)C. The monoisotopic (exact) mass is 239 g/mol. The molecule has 0 aliphatic rings. The summed E-state index contributed by atoms with van der Waals surface area (Å²) in [7, 11) is 0. The minimum atomic E-state index is -1.48. The first kappa shape index (κ1) is 16.3. The topological polar surface area (TPSA) is 0 Å². The summed E-state index contributed by atoms with van der Waals surface area (Å²) in [6.07, 6.45) is 5.04. The molecule has 0 atom stereocenters. The first-order valence-electron chi connectivity index (χ1n) is 7.27. The summed E-state index contributed by atoms with van der Waals surface area (Å²) in [4.78, 5) is 0. The Labute approximate surface area is 106 Å². The van der Waals surface area contributed by atoms with E-state index in [0.29, 0.717) is 0 Å². The van der Waals surface area contributed by atoms with Crippen LogP contribution < -0.4 is 0 Å². The molecule has 0 aliphatic carbocycles. The van der Waals surface area contributed by atoms with Crippen LogP contribution in [0.15, 0.2) is 10.5 Å². The molecule has 0 radical (unpaired) electrons. The van der Waals surface area contributed by atoms with Crippen LogP contribution in [-0.4, -0.2) is 13.1 Å². The molecule has 0 aliphatic heterocycles. The Balaban J connectivity index is 4.95. The van der Waals surface area contributed by atoms with Crippen LogP contribution in [0.2, 0.25) is 16.4 Å². The average Bonchev–Trinajstić information content (AvgIpc) is 2.10. The van der Waals surface area contributed by atoms with Crippen molar-refractivity contribution in [3.8, 4) is 0 Å². The number of rotatable bonds is 7. The van der Waals surface area contributed by atoms with Gasteiger partial charge in [0.05, 0.1) is 0 Å². The molecule has 16 heavy (non-hydrogen) atoms. The molecule has 0 rings (SSSR count). The zero-order valence-corrected chi connectivity index (χ0v) is 13.8. The summed E-state index contributed by atoms with van der Waals surface area (Å²) in [5, 5.41) is 2.98. The highest BCUT2D eigenvalue weighted by Gasteiger charge is 2.27. The molecule has 1 heteroatoms. The van der Waals surface area contributed by atoms with Crippen LogP contribution in [0, 0.1) is 11.8 Å². The molecule has 0 aromatic carbocycles. The molecule has 0 aromatic rings. The first-order valence-corrected chi connectivity index (χ1v) is 10.6. The zero-order chi connectivity index (χ0) is 12.8. The van der Waals surface area contributed by atoms with Gasteiger partial charge in [0, 0.05) is 0 Å². The lowest BCUT2D eigenvalue weighted by Gasteiger charge is -2.39. The lowest BCUT2D eigenvalue weighted by molar-refractivity contribution is 0.680. The normalized spacial score (nSPS) is 13.9. The molecule has 0 saturated carbocycles. The van der Waals surface area contributed by atoms with Gasteiger partial charge in [0.2, 0.25) is 0 Å². The third-order valence-corrected chi connectivity index (χ3v) is 10.2. The lowest BCUT2D eigenvalue weighted by atomic mass is 10.3. The average molecular weight is 239 g/mol. The highest BCUT2D eigenvalue weighted by molar-refractivity contribution is 6.85. The molecule has 0 bridgehead atoms. The first-order chi connectivity index (χ1) is 7.35. The number of hydrogen-bond donors (Lipinski definition) is 0. The third-order valence-electron chi connectivity index (χ3n) is 3.75. The molecule has 0 nitrogen and oxygen atoms in total. The summed E-state index contributed by atoms with van der Waals surface area (Å²) in [5.41, 5.74) is 0. The van der Waals surface area contributed by atoms with E-state index >= 15 is 0 Å². The van der Waals surface area contributed by atoms with E-state index in [1.165, 1.54) is 23.4 Å². The number of hydrogen-bond acceptors (Lipinski definition) is 0. The van der Waals surface area contributed by atoms with Gasteiger partial charge in [0.1, 0.15) is 0 Å². The van der Waals surface area contributed by atoms with E-state index in [0.717, 1.165) is 11.8 Å². The van der Waals surface area contributed by atoms with Gasteiger partial charge in [-0.2, -0.15) is 16.4 Å². The van der Waals surface area contributed by atoms with Gasteiger partial charge in [-0.25, -0.2) is 0 Å². The second-order valence-corrected chi connectivity index (χ2v) is 11.9. The maximum atomic E-state index is 2.64. The van der Waals surface area contributed by atoms with Gasteiger partial charge in [0.25, 0.3) is 0 Å². The van der Waals surface area contributed by atoms with E-state index in [2.05, 4.69) is 53.4 Å². The summed E-state index contributed by atoms with van der Waals surface area (Å²) in [6.45, 7) is 14.2. The standard InChI is InChI=1S/C6H11.2C4H9.CH3.Al/c1-3-5-6-4-2;2*1-4(2)3;;/h5H,3-4H2,1-2H3;2*4H,1H2,2-3H3;1H3;/q;;;;-1. The molecule has 0 heterocycles. The van der Waals surface area contributed by atoms with Gasteiger partial charge in [-0.05, 0) is 6.42 Å². The minimum Gasteiger partial charge on any atom is -0.258 e. The van der Waals surface area contributed by atoms with Crippen LogP contribution in [0.25, 0.3) is 0 Å². The third kappa shape index (κ3) is 5.56. The van der Waals surface area contributed by atoms with Crippen LogP contribution in [0.5, 0.6) is 0 Å². The zero-order valence-electron chi connectivity index (χ0n) is 12.6. The van der Waals surface area contributed by atoms with Crippen LogP contribution >= 0.6 is 0 Å². The Kier molecular flexibility index (Phi) is 7.70. The fourth-order valence-corrected chi connectivity index (χ4v) is 10.4. The molecule has 0 spiro atoms. The van der Waals surface area contributed by atoms with Crippen molar-refractivity contribution >= 4 is 13.1 Å². The fraction of sp³-hybridized carbons (Fsp3) is 0.867. The molecule has 0 N–H and O–H groups in total. The second-order valence-electron chi connectivity index (χ2n) is 6.60. The maximum Gasteiger partial charge on any atom is 0.160 e. The Hall–Kier alpha value is 0.272. The maximum absolute atomic E-state index is 2.64. The van der Waals surface area contributed by atoms with E-state index in [-0.39, 0.29) is 0 Å². The van der Waals surface area contributed by atoms with Crippen LogP contribution in [0.4, 0.5) is 0 Å². The van der Waals surface area contributed by atoms with Crippen molar-refractivity contribution in [1.29, 1.82) is 0 Å². The fourth-order valence-electron chi connectivity index (χ4n) is 3.66. The minimum absolute atomic E-state index is 0.862. The molecular weight excluding hydrogens is 207 g/mol. The van der Waals surface area contributed by atoms with E-state index in [1.807, 2.05) is 4.44 Å². The Bertz CT molecular complexity index is 203. The van der Waals surface area contributed by atoms with Crippen molar-refractivity contribution in [2.45, 2.75) is 70.7 Å². The van der Waals surface area contributed by atoms with Crippen molar-refractivity contribution in [2.24, 2.45) is 11.8 Å². The van der Waals surface area contributed by atoms with Crippen LogP contribution in [-0.2, 0) is 0 Å². The van der Waals surface area contributed by atoms with Gasteiger partial charge in [-0.1, -0.05) is 59.8 Å². The van der Waals surface area contributed by atoms with E-state index in [4.69, 9.17) is 0 Å². The Morgan fingerprint density at radius 2 is 1.44 bits per heavy atom. The second kappa shape index (κ2) is 7.57. The molecule has 0 amide bonds. The van der Waals surface area contributed by atoms with E-state index in [1.54, 1.807) is 0 Å². The van der Waals surface area contributed by atoms with Gasteiger partial charge in [-0.15, -0.1) is 6.08 Å². The van der Waals surface area contributed by atoms with E-state index in [9.17, 15) is 0 Å². The smallest absolute Gasteiger partial charge is 0.160 e. The molecule has 0 saturated heterocycles. The number of allylic oxidation sites excluding steroid dienone is 2. The quantitative estimate of drug-likeness (QED) is 0.503. The van der Waals surface area contributed by atoms with Crippen molar-refractivity contribution in [3.05, 3.63) is 10.5 Å².